The zero-order valence-electron chi connectivity index (χ0n) is 13.2. The molecule has 1 unspecified atom stereocenters. The van der Waals surface area contributed by atoms with E-state index in [1.165, 1.54) is 4.57 Å². The Labute approximate surface area is 153 Å². The minimum absolute atomic E-state index is 0.220. The molecule has 0 saturated heterocycles. The lowest BCUT2D eigenvalue weighted by molar-refractivity contribution is 0.527. The third kappa shape index (κ3) is 2.75. The lowest BCUT2D eigenvalue weighted by Gasteiger charge is -2.21. The number of fused-ring (bicyclic) bond motifs is 1. The number of halogens is 2. The predicted octanol–water partition coefficient (Wildman–Crippen LogP) is 4.27. The van der Waals surface area contributed by atoms with Crippen molar-refractivity contribution in [2.24, 2.45) is 7.05 Å². The number of hydrogen-bond donors (Lipinski definition) is 0. The van der Waals surface area contributed by atoms with Crippen LogP contribution in [-0.4, -0.2) is 14.1 Å². The number of aromatic nitrogens is 3. The Hall–Kier alpha value is -2.50. The summed E-state index contributed by atoms with van der Waals surface area (Å²) >= 11 is 12.6. The fourth-order valence-corrected chi connectivity index (χ4v) is 3.34. The molecule has 2 aromatic carbocycles. The van der Waals surface area contributed by atoms with E-state index in [-0.39, 0.29) is 6.04 Å². The summed E-state index contributed by atoms with van der Waals surface area (Å²) in [5.74, 6) is -0.422. The number of rotatable bonds is 3. The molecule has 0 aliphatic rings. The lowest BCUT2D eigenvalue weighted by atomic mass is 9.98. The SMILES string of the molecule is Cn1c(=O)oc2cc(C(c3ccc(Cl)cc3)n3ccnc3)c(Cl)cc21. The Bertz CT molecular complexity index is 1100. The monoisotopic (exact) mass is 373 g/mol. The van der Waals surface area contributed by atoms with Crippen LogP contribution in [0.15, 0.2) is 64.3 Å². The van der Waals surface area contributed by atoms with Gasteiger partial charge in [0.1, 0.15) is 0 Å². The van der Waals surface area contributed by atoms with E-state index in [0.29, 0.717) is 21.1 Å². The summed E-state index contributed by atoms with van der Waals surface area (Å²) in [6.07, 6.45) is 5.29. The largest absolute Gasteiger partial charge is 0.419 e. The van der Waals surface area contributed by atoms with Gasteiger partial charge in [0.05, 0.1) is 17.9 Å². The van der Waals surface area contributed by atoms with Gasteiger partial charge in [0.2, 0.25) is 0 Å². The third-order valence-corrected chi connectivity index (χ3v) is 4.79. The summed E-state index contributed by atoms with van der Waals surface area (Å²) in [6.45, 7) is 0. The van der Waals surface area contributed by atoms with Crippen LogP contribution in [0.1, 0.15) is 17.2 Å². The Morgan fingerprint density at radius 3 is 2.60 bits per heavy atom. The van der Waals surface area contributed by atoms with Crippen molar-refractivity contribution in [2.75, 3.05) is 0 Å². The van der Waals surface area contributed by atoms with E-state index in [1.54, 1.807) is 31.7 Å². The lowest BCUT2D eigenvalue weighted by Crippen LogP contribution is -2.11. The van der Waals surface area contributed by atoms with E-state index in [4.69, 9.17) is 27.6 Å². The molecule has 0 aliphatic carbocycles. The normalized spacial score (nSPS) is 12.6. The maximum absolute atomic E-state index is 11.8. The molecule has 4 aromatic rings. The van der Waals surface area contributed by atoms with Gasteiger partial charge in [-0.3, -0.25) is 4.57 Å². The first-order chi connectivity index (χ1) is 12.0. The van der Waals surface area contributed by atoms with Gasteiger partial charge in [-0.2, -0.15) is 0 Å². The molecule has 0 spiro atoms. The minimum atomic E-state index is -0.422. The van der Waals surface area contributed by atoms with E-state index in [2.05, 4.69) is 4.98 Å². The Balaban J connectivity index is 1.96. The highest BCUT2D eigenvalue weighted by atomic mass is 35.5. The standard InChI is InChI=1S/C18H13Cl2N3O2/c1-22-15-9-14(20)13(8-16(15)25-18(22)24)17(23-7-6-21-10-23)11-2-4-12(19)5-3-11/h2-10,17H,1H3. The van der Waals surface area contributed by atoms with Crippen molar-refractivity contribution in [1.29, 1.82) is 0 Å². The van der Waals surface area contributed by atoms with Crippen molar-refractivity contribution >= 4 is 34.3 Å². The fourth-order valence-electron chi connectivity index (χ4n) is 2.95. The third-order valence-electron chi connectivity index (χ3n) is 4.21. The first-order valence-corrected chi connectivity index (χ1v) is 8.32. The molecule has 25 heavy (non-hydrogen) atoms. The van der Waals surface area contributed by atoms with Gasteiger partial charge in [0.15, 0.2) is 5.58 Å². The molecule has 2 heterocycles. The molecule has 0 saturated carbocycles. The van der Waals surface area contributed by atoms with Gasteiger partial charge in [0, 0.05) is 35.1 Å². The van der Waals surface area contributed by atoms with Gasteiger partial charge in [0.25, 0.3) is 0 Å². The van der Waals surface area contributed by atoms with Crippen LogP contribution in [0.5, 0.6) is 0 Å². The summed E-state index contributed by atoms with van der Waals surface area (Å²) in [6, 6.07) is 10.9. The molecule has 0 aliphatic heterocycles. The number of benzene rings is 2. The maximum Gasteiger partial charge on any atom is 0.419 e. The second-order valence-corrected chi connectivity index (χ2v) is 6.58. The van der Waals surface area contributed by atoms with Gasteiger partial charge in [-0.1, -0.05) is 35.3 Å². The first kappa shape index (κ1) is 16.0. The molecule has 5 nitrogen and oxygen atoms in total. The van der Waals surface area contributed by atoms with Crippen molar-refractivity contribution in [3.05, 3.63) is 86.8 Å². The number of aryl methyl sites for hydroxylation is 1. The summed E-state index contributed by atoms with van der Waals surface area (Å²) in [7, 11) is 1.65. The second-order valence-electron chi connectivity index (χ2n) is 5.73. The second kappa shape index (κ2) is 6.10. The zero-order chi connectivity index (χ0) is 17.6. The van der Waals surface area contributed by atoms with Crippen LogP contribution in [0.25, 0.3) is 11.1 Å². The van der Waals surface area contributed by atoms with Crippen molar-refractivity contribution in [3.63, 3.8) is 0 Å². The number of hydrogen-bond acceptors (Lipinski definition) is 3. The van der Waals surface area contributed by atoms with Gasteiger partial charge in [-0.05, 0) is 29.8 Å². The van der Waals surface area contributed by atoms with E-state index >= 15 is 0 Å². The van der Waals surface area contributed by atoms with Gasteiger partial charge >= 0.3 is 5.76 Å². The average molecular weight is 374 g/mol. The predicted molar refractivity (Wildman–Crippen MR) is 97.4 cm³/mol. The molecule has 0 N–H and O–H groups in total. The van der Waals surface area contributed by atoms with Crippen LogP contribution in [0.2, 0.25) is 10.0 Å². The van der Waals surface area contributed by atoms with Crippen LogP contribution in [0, 0.1) is 0 Å². The van der Waals surface area contributed by atoms with E-state index in [0.717, 1.165) is 11.1 Å². The molecular weight excluding hydrogens is 361 g/mol. The van der Waals surface area contributed by atoms with Crippen LogP contribution < -0.4 is 5.76 Å². The van der Waals surface area contributed by atoms with Gasteiger partial charge in [-0.25, -0.2) is 9.78 Å². The van der Waals surface area contributed by atoms with Crippen LogP contribution in [0.4, 0.5) is 0 Å². The summed E-state index contributed by atoms with van der Waals surface area (Å²) in [5.41, 5.74) is 2.94. The molecule has 0 amide bonds. The number of oxazole rings is 1. The first-order valence-electron chi connectivity index (χ1n) is 7.56. The molecule has 0 bridgehead atoms. The quantitative estimate of drug-likeness (QED) is 0.538. The van der Waals surface area contributed by atoms with Crippen molar-refractivity contribution in [1.82, 2.24) is 14.1 Å². The highest BCUT2D eigenvalue weighted by molar-refractivity contribution is 6.32. The van der Waals surface area contributed by atoms with Crippen molar-refractivity contribution < 1.29 is 4.42 Å². The summed E-state index contributed by atoms with van der Waals surface area (Å²) in [4.78, 5) is 15.9. The highest BCUT2D eigenvalue weighted by Gasteiger charge is 2.21. The van der Waals surface area contributed by atoms with Crippen molar-refractivity contribution in [3.8, 4) is 0 Å². The fraction of sp³-hybridized carbons (Fsp3) is 0.111. The maximum atomic E-state index is 11.8. The molecular formula is C18H13Cl2N3O2. The van der Waals surface area contributed by atoms with Crippen molar-refractivity contribution in [2.45, 2.75) is 6.04 Å². The van der Waals surface area contributed by atoms with Gasteiger partial charge < -0.3 is 8.98 Å². The van der Waals surface area contributed by atoms with Crippen LogP contribution in [0.3, 0.4) is 0 Å². The van der Waals surface area contributed by atoms with E-state index in [9.17, 15) is 4.79 Å². The molecule has 0 radical (unpaired) electrons. The Morgan fingerprint density at radius 2 is 1.92 bits per heavy atom. The number of imidazole rings is 1. The average Bonchev–Trinajstić information content (AvgIpc) is 3.20. The van der Waals surface area contributed by atoms with E-state index < -0.39 is 5.76 Å². The molecule has 0 fully saturated rings. The molecule has 7 heteroatoms. The van der Waals surface area contributed by atoms with Crippen LogP contribution >= 0.6 is 23.2 Å². The highest BCUT2D eigenvalue weighted by Crippen LogP contribution is 2.34. The Morgan fingerprint density at radius 1 is 1.16 bits per heavy atom. The molecule has 126 valence electrons. The summed E-state index contributed by atoms with van der Waals surface area (Å²) < 4.78 is 8.69. The smallest absolute Gasteiger partial charge is 0.408 e. The topological polar surface area (TPSA) is 53.0 Å². The molecule has 1 atom stereocenters. The van der Waals surface area contributed by atoms with Crippen LogP contribution in [-0.2, 0) is 7.05 Å². The number of nitrogens with zero attached hydrogens (tertiary/aromatic N) is 3. The van der Waals surface area contributed by atoms with E-state index in [1.807, 2.05) is 35.0 Å². The minimum Gasteiger partial charge on any atom is -0.408 e. The molecule has 4 rings (SSSR count). The molecule has 2 aromatic heterocycles. The summed E-state index contributed by atoms with van der Waals surface area (Å²) in [5, 5.41) is 1.20. The zero-order valence-corrected chi connectivity index (χ0v) is 14.7. The Kier molecular flexibility index (Phi) is 3.90. The van der Waals surface area contributed by atoms with Gasteiger partial charge in [-0.15, -0.1) is 0 Å².